The van der Waals surface area contributed by atoms with E-state index in [-0.39, 0.29) is 0 Å². The first kappa shape index (κ1) is 13.3. The second-order valence-corrected chi connectivity index (χ2v) is 5.16. The lowest BCUT2D eigenvalue weighted by Gasteiger charge is -2.37. The number of rotatable bonds is 7. The first-order valence-electron chi connectivity index (χ1n) is 6.24. The van der Waals surface area contributed by atoms with E-state index in [0.29, 0.717) is 5.41 Å². The van der Waals surface area contributed by atoms with Gasteiger partial charge in [0.05, 0.1) is 0 Å². The molecule has 0 spiro atoms. The molecule has 0 aromatic heterocycles. The van der Waals surface area contributed by atoms with Crippen molar-refractivity contribution in [1.29, 1.82) is 0 Å². The van der Waals surface area contributed by atoms with E-state index < -0.39 is 0 Å². The van der Waals surface area contributed by atoms with Crippen LogP contribution in [-0.2, 0) is 0 Å². The minimum atomic E-state index is 0.508. The number of hydrogen-bond donors (Lipinski definition) is 2. The second-order valence-electron chi connectivity index (χ2n) is 4.78. The number of nitrogens with one attached hydrogen (secondary N) is 2. The Bertz CT molecular complexity index is 150. The molecule has 1 aliphatic heterocycles. The van der Waals surface area contributed by atoms with Gasteiger partial charge >= 0.3 is 0 Å². The minimum absolute atomic E-state index is 0.508. The Morgan fingerprint density at radius 2 is 2.20 bits per heavy atom. The molecule has 2 N–H and O–H groups in total. The Morgan fingerprint density at radius 3 is 2.80 bits per heavy atom. The summed E-state index contributed by atoms with van der Waals surface area (Å²) >= 11 is 5.92. The van der Waals surface area contributed by atoms with Gasteiger partial charge in [0.15, 0.2) is 0 Å². The molecule has 1 saturated heterocycles. The average Bonchev–Trinajstić information content (AvgIpc) is 2.26. The maximum absolute atomic E-state index is 5.92. The van der Waals surface area contributed by atoms with Gasteiger partial charge in [-0.2, -0.15) is 0 Å². The lowest BCUT2D eigenvalue weighted by molar-refractivity contribution is 0.179. The van der Waals surface area contributed by atoms with E-state index in [9.17, 15) is 0 Å². The monoisotopic (exact) mass is 232 g/mol. The van der Waals surface area contributed by atoms with Crippen LogP contribution in [0.15, 0.2) is 0 Å². The predicted octanol–water partition coefficient (Wildman–Crippen LogP) is 2.37. The van der Waals surface area contributed by atoms with Gasteiger partial charge < -0.3 is 10.6 Å². The summed E-state index contributed by atoms with van der Waals surface area (Å²) in [7, 11) is 2.02. The van der Waals surface area contributed by atoms with Crippen molar-refractivity contribution in [2.75, 3.05) is 32.6 Å². The molecular formula is C12H25ClN2. The Morgan fingerprint density at radius 1 is 1.33 bits per heavy atom. The van der Waals surface area contributed by atoms with Crippen LogP contribution in [0, 0.1) is 5.41 Å². The van der Waals surface area contributed by atoms with Crippen molar-refractivity contribution >= 4 is 11.6 Å². The summed E-state index contributed by atoms with van der Waals surface area (Å²) in [6, 6.07) is 0. The van der Waals surface area contributed by atoms with E-state index in [1.54, 1.807) is 0 Å². The summed E-state index contributed by atoms with van der Waals surface area (Å²) in [6.07, 6.45) is 7.84. The Hall–Kier alpha value is 0.210. The van der Waals surface area contributed by atoms with Crippen LogP contribution < -0.4 is 10.6 Å². The van der Waals surface area contributed by atoms with Crippen molar-refractivity contribution < 1.29 is 0 Å². The van der Waals surface area contributed by atoms with Crippen LogP contribution in [0.2, 0.25) is 0 Å². The normalized spacial score (nSPS) is 26.8. The fourth-order valence-electron chi connectivity index (χ4n) is 2.58. The van der Waals surface area contributed by atoms with Gasteiger partial charge in [-0.1, -0.05) is 6.42 Å². The molecule has 0 bridgehead atoms. The molecule has 1 heterocycles. The highest BCUT2D eigenvalue weighted by Gasteiger charge is 2.30. The van der Waals surface area contributed by atoms with E-state index in [0.717, 1.165) is 12.4 Å². The summed E-state index contributed by atoms with van der Waals surface area (Å²) in [4.78, 5) is 0. The summed E-state index contributed by atoms with van der Waals surface area (Å²) < 4.78 is 0. The first-order valence-corrected chi connectivity index (χ1v) is 6.78. The van der Waals surface area contributed by atoms with Crippen LogP contribution in [0.3, 0.4) is 0 Å². The molecule has 0 aliphatic carbocycles. The van der Waals surface area contributed by atoms with Crippen molar-refractivity contribution in [3.63, 3.8) is 0 Å². The molecular weight excluding hydrogens is 208 g/mol. The molecule has 1 rings (SSSR count). The van der Waals surface area contributed by atoms with Crippen molar-refractivity contribution in [2.45, 2.75) is 38.5 Å². The summed E-state index contributed by atoms with van der Waals surface area (Å²) in [5.74, 6) is 0.813. The first-order chi connectivity index (χ1) is 7.33. The SMILES string of the molecule is CNCCCCC1(CCCl)CCCNC1. The number of piperidine rings is 1. The molecule has 0 radical (unpaired) electrons. The van der Waals surface area contributed by atoms with Crippen LogP contribution in [0.4, 0.5) is 0 Å². The van der Waals surface area contributed by atoms with Gasteiger partial charge in [0.25, 0.3) is 0 Å². The zero-order valence-electron chi connectivity index (χ0n) is 9.95. The van der Waals surface area contributed by atoms with E-state index in [1.807, 2.05) is 7.05 Å². The van der Waals surface area contributed by atoms with Gasteiger partial charge in [0.1, 0.15) is 0 Å². The maximum Gasteiger partial charge on any atom is 0.0229 e. The molecule has 15 heavy (non-hydrogen) atoms. The quantitative estimate of drug-likeness (QED) is 0.520. The standard InChI is InChI=1S/C12H25ClN2/c1-14-9-3-2-5-12(7-8-13)6-4-10-15-11-12/h14-15H,2-11H2,1H3. The lowest BCUT2D eigenvalue weighted by Crippen LogP contribution is -2.40. The Labute approximate surface area is 99.2 Å². The lowest BCUT2D eigenvalue weighted by atomic mass is 9.74. The largest absolute Gasteiger partial charge is 0.320 e. The van der Waals surface area contributed by atoms with E-state index in [1.165, 1.54) is 51.6 Å². The zero-order chi connectivity index (χ0) is 11.0. The molecule has 2 nitrogen and oxygen atoms in total. The number of halogens is 1. The van der Waals surface area contributed by atoms with Crippen LogP contribution in [0.25, 0.3) is 0 Å². The summed E-state index contributed by atoms with van der Waals surface area (Å²) in [6.45, 7) is 3.52. The summed E-state index contributed by atoms with van der Waals surface area (Å²) in [5, 5.41) is 6.74. The number of alkyl halides is 1. The molecule has 1 aliphatic rings. The third-order valence-corrected chi connectivity index (χ3v) is 3.76. The van der Waals surface area contributed by atoms with Crippen molar-refractivity contribution in [3.05, 3.63) is 0 Å². The molecule has 1 atom stereocenters. The van der Waals surface area contributed by atoms with Crippen LogP contribution in [0.5, 0.6) is 0 Å². The van der Waals surface area contributed by atoms with E-state index in [2.05, 4.69) is 10.6 Å². The Balaban J connectivity index is 2.28. The zero-order valence-corrected chi connectivity index (χ0v) is 10.7. The molecule has 0 saturated carbocycles. The van der Waals surface area contributed by atoms with Crippen LogP contribution in [-0.4, -0.2) is 32.6 Å². The van der Waals surface area contributed by atoms with Crippen LogP contribution in [0.1, 0.15) is 38.5 Å². The van der Waals surface area contributed by atoms with Gasteiger partial charge in [-0.25, -0.2) is 0 Å². The predicted molar refractivity (Wildman–Crippen MR) is 67.7 cm³/mol. The fourth-order valence-corrected chi connectivity index (χ4v) is 2.99. The second kappa shape index (κ2) is 7.48. The number of unbranched alkanes of at least 4 members (excludes halogenated alkanes) is 1. The van der Waals surface area contributed by atoms with E-state index in [4.69, 9.17) is 11.6 Å². The molecule has 1 fully saturated rings. The van der Waals surface area contributed by atoms with Crippen molar-refractivity contribution in [1.82, 2.24) is 10.6 Å². The molecule has 3 heteroatoms. The molecule has 1 unspecified atom stereocenters. The topological polar surface area (TPSA) is 24.1 Å². The molecule has 0 aromatic carbocycles. The highest BCUT2D eigenvalue weighted by Crippen LogP contribution is 2.35. The van der Waals surface area contributed by atoms with Gasteiger partial charge in [-0.3, -0.25) is 0 Å². The van der Waals surface area contributed by atoms with E-state index >= 15 is 0 Å². The number of hydrogen-bond acceptors (Lipinski definition) is 2. The third-order valence-electron chi connectivity index (χ3n) is 3.57. The van der Waals surface area contributed by atoms with Crippen molar-refractivity contribution in [2.24, 2.45) is 5.41 Å². The molecule has 90 valence electrons. The summed E-state index contributed by atoms with van der Waals surface area (Å²) in [5.41, 5.74) is 0.508. The fraction of sp³-hybridized carbons (Fsp3) is 1.00. The van der Waals surface area contributed by atoms with Gasteiger partial charge in [0, 0.05) is 12.4 Å². The highest BCUT2D eigenvalue weighted by molar-refractivity contribution is 6.17. The average molecular weight is 233 g/mol. The third kappa shape index (κ3) is 4.71. The van der Waals surface area contributed by atoms with Gasteiger partial charge in [0.2, 0.25) is 0 Å². The molecule has 0 aromatic rings. The molecule has 0 amide bonds. The minimum Gasteiger partial charge on any atom is -0.320 e. The highest BCUT2D eigenvalue weighted by atomic mass is 35.5. The Kier molecular flexibility index (Phi) is 6.62. The van der Waals surface area contributed by atoms with Gasteiger partial charge in [-0.05, 0) is 57.7 Å². The smallest absolute Gasteiger partial charge is 0.0229 e. The van der Waals surface area contributed by atoms with Crippen molar-refractivity contribution in [3.8, 4) is 0 Å². The van der Waals surface area contributed by atoms with Gasteiger partial charge in [-0.15, -0.1) is 11.6 Å². The maximum atomic E-state index is 5.92. The van der Waals surface area contributed by atoms with Crippen LogP contribution >= 0.6 is 11.6 Å².